The molecule has 0 unspecified atom stereocenters. The highest BCUT2D eigenvalue weighted by Gasteiger charge is 2.30. The lowest BCUT2D eigenvalue weighted by Crippen LogP contribution is -2.47. The Balaban J connectivity index is 2.14. The van der Waals surface area contributed by atoms with Crippen LogP contribution in [0.3, 0.4) is 0 Å². The summed E-state index contributed by atoms with van der Waals surface area (Å²) < 4.78 is 0. The Hall–Kier alpha value is -2.54. The predicted molar refractivity (Wildman–Crippen MR) is 89.0 cm³/mol. The van der Waals surface area contributed by atoms with Gasteiger partial charge < -0.3 is 15.5 Å². The number of aromatic nitrogens is 3. The van der Waals surface area contributed by atoms with Crippen LogP contribution in [0.25, 0.3) is 11.4 Å². The van der Waals surface area contributed by atoms with Gasteiger partial charge in [-0.25, -0.2) is 9.97 Å². The topological polar surface area (TPSA) is 88.2 Å². The highest BCUT2D eigenvalue weighted by Crippen LogP contribution is 2.33. The number of anilines is 2. The molecule has 2 N–H and O–H groups in total. The molecule has 0 spiro atoms. The Morgan fingerprint density at radius 1 is 1.35 bits per heavy atom. The number of carbonyl (C=O) groups is 1. The largest absolute Gasteiger partial charge is 0.343 e. The van der Waals surface area contributed by atoms with Crippen molar-refractivity contribution in [2.75, 3.05) is 23.4 Å². The molecule has 7 heteroatoms. The van der Waals surface area contributed by atoms with Gasteiger partial charge in [-0.1, -0.05) is 0 Å². The van der Waals surface area contributed by atoms with E-state index in [1.54, 1.807) is 30.5 Å². The van der Waals surface area contributed by atoms with Crippen molar-refractivity contribution >= 4 is 17.4 Å². The number of hydrogen-bond acceptors (Lipinski definition) is 6. The highest BCUT2D eigenvalue weighted by molar-refractivity contribution is 6.02. The second-order valence-electron chi connectivity index (χ2n) is 5.81. The molecule has 0 saturated heterocycles. The van der Waals surface area contributed by atoms with Crippen molar-refractivity contribution in [2.45, 2.75) is 26.4 Å². The molecule has 0 bridgehead atoms. The minimum absolute atomic E-state index is 0.0362. The van der Waals surface area contributed by atoms with Crippen LogP contribution < -0.4 is 15.5 Å². The minimum Gasteiger partial charge on any atom is -0.343 e. The lowest BCUT2D eigenvalue weighted by atomic mass is 10.1. The quantitative estimate of drug-likeness (QED) is 0.916. The van der Waals surface area contributed by atoms with Gasteiger partial charge in [-0.05, 0) is 25.5 Å². The third-order valence-corrected chi connectivity index (χ3v) is 4.05. The standard InChI is InChI=1S/C16H20N6O/c1-10(2)22-9-14(23)21(3)13-8-19-15(20-16(13)22)12-4-5-18-7-11(12)6-17/h4-5,7-8,10H,6,9,17H2,1-3H3. The molecule has 2 aromatic rings. The molecule has 0 atom stereocenters. The van der Waals surface area contributed by atoms with E-state index in [9.17, 15) is 4.79 Å². The van der Waals surface area contributed by atoms with Gasteiger partial charge in [-0.15, -0.1) is 0 Å². The monoisotopic (exact) mass is 312 g/mol. The van der Waals surface area contributed by atoms with Gasteiger partial charge in [0.2, 0.25) is 5.91 Å². The maximum atomic E-state index is 12.1. The fourth-order valence-electron chi connectivity index (χ4n) is 2.64. The fraction of sp³-hybridized carbons (Fsp3) is 0.375. The molecule has 23 heavy (non-hydrogen) atoms. The third-order valence-electron chi connectivity index (χ3n) is 4.05. The molecule has 1 amide bonds. The van der Waals surface area contributed by atoms with Gasteiger partial charge in [0, 0.05) is 37.6 Å². The van der Waals surface area contributed by atoms with Crippen molar-refractivity contribution < 1.29 is 4.79 Å². The summed E-state index contributed by atoms with van der Waals surface area (Å²) in [7, 11) is 1.75. The van der Waals surface area contributed by atoms with E-state index in [0.717, 1.165) is 22.6 Å². The van der Waals surface area contributed by atoms with E-state index in [4.69, 9.17) is 10.7 Å². The van der Waals surface area contributed by atoms with E-state index in [0.29, 0.717) is 18.9 Å². The van der Waals surface area contributed by atoms with Crippen LogP contribution in [0.1, 0.15) is 19.4 Å². The number of nitrogens with two attached hydrogens (primary N) is 1. The number of fused-ring (bicyclic) bond motifs is 1. The van der Waals surface area contributed by atoms with Gasteiger partial charge in [-0.3, -0.25) is 9.78 Å². The van der Waals surface area contributed by atoms with E-state index >= 15 is 0 Å². The highest BCUT2D eigenvalue weighted by atomic mass is 16.2. The van der Waals surface area contributed by atoms with Crippen LogP contribution in [-0.2, 0) is 11.3 Å². The first-order valence-electron chi connectivity index (χ1n) is 7.56. The number of likely N-dealkylation sites (N-methyl/N-ethyl adjacent to an activating group) is 1. The predicted octanol–water partition coefficient (Wildman–Crippen LogP) is 1.19. The van der Waals surface area contributed by atoms with E-state index in [-0.39, 0.29) is 11.9 Å². The van der Waals surface area contributed by atoms with Crippen molar-refractivity contribution in [3.05, 3.63) is 30.2 Å². The van der Waals surface area contributed by atoms with Crippen LogP contribution >= 0.6 is 0 Å². The number of carbonyl (C=O) groups excluding carboxylic acids is 1. The van der Waals surface area contributed by atoms with Gasteiger partial charge in [0.1, 0.15) is 5.69 Å². The summed E-state index contributed by atoms with van der Waals surface area (Å²) in [5.41, 5.74) is 8.27. The molecule has 3 rings (SSSR count). The van der Waals surface area contributed by atoms with Gasteiger partial charge >= 0.3 is 0 Å². The second kappa shape index (κ2) is 5.92. The van der Waals surface area contributed by atoms with Crippen molar-refractivity contribution in [1.29, 1.82) is 0 Å². The maximum absolute atomic E-state index is 12.1. The lowest BCUT2D eigenvalue weighted by Gasteiger charge is -2.36. The Labute approximate surface area is 135 Å². The zero-order chi connectivity index (χ0) is 16.6. The molecule has 0 radical (unpaired) electrons. The molecule has 120 valence electrons. The summed E-state index contributed by atoms with van der Waals surface area (Å²) in [6.07, 6.45) is 5.13. The lowest BCUT2D eigenvalue weighted by molar-refractivity contribution is -0.117. The van der Waals surface area contributed by atoms with Crippen molar-refractivity contribution in [3.8, 4) is 11.4 Å². The summed E-state index contributed by atoms with van der Waals surface area (Å²) in [5, 5.41) is 0. The molecule has 0 aliphatic carbocycles. The van der Waals surface area contributed by atoms with Crippen LogP contribution in [0.5, 0.6) is 0 Å². The molecule has 2 aromatic heterocycles. The Bertz CT molecular complexity index is 745. The molecule has 7 nitrogen and oxygen atoms in total. The number of nitrogens with zero attached hydrogens (tertiary/aromatic N) is 5. The zero-order valence-corrected chi connectivity index (χ0v) is 13.5. The van der Waals surface area contributed by atoms with Gasteiger partial charge in [0.15, 0.2) is 11.6 Å². The van der Waals surface area contributed by atoms with Crippen LogP contribution in [0.2, 0.25) is 0 Å². The van der Waals surface area contributed by atoms with Gasteiger partial charge in [0.25, 0.3) is 0 Å². The molecule has 0 saturated carbocycles. The molecule has 0 aromatic carbocycles. The Morgan fingerprint density at radius 3 is 2.83 bits per heavy atom. The zero-order valence-electron chi connectivity index (χ0n) is 13.5. The Kier molecular flexibility index (Phi) is 3.96. The number of pyridine rings is 1. The number of rotatable bonds is 3. The minimum atomic E-state index is 0.0362. The van der Waals surface area contributed by atoms with E-state index in [2.05, 4.69) is 9.97 Å². The normalized spacial score (nSPS) is 14.4. The second-order valence-corrected chi connectivity index (χ2v) is 5.81. The first-order chi connectivity index (χ1) is 11.0. The molecular weight excluding hydrogens is 292 g/mol. The summed E-state index contributed by atoms with van der Waals surface area (Å²) in [6, 6.07) is 2.03. The van der Waals surface area contributed by atoms with Crippen LogP contribution in [-0.4, -0.2) is 40.5 Å². The SMILES string of the molecule is CC(C)N1CC(=O)N(C)c2cnc(-c3ccncc3CN)nc21. The first-order valence-corrected chi connectivity index (χ1v) is 7.56. The summed E-state index contributed by atoms with van der Waals surface area (Å²) in [5.74, 6) is 1.40. The molecule has 3 heterocycles. The number of amides is 1. The smallest absolute Gasteiger partial charge is 0.246 e. The molecule has 1 aliphatic heterocycles. The molecular formula is C16H20N6O. The van der Waals surface area contributed by atoms with Crippen molar-refractivity contribution in [1.82, 2.24) is 15.0 Å². The summed E-state index contributed by atoms with van der Waals surface area (Å²) >= 11 is 0. The summed E-state index contributed by atoms with van der Waals surface area (Å²) in [6.45, 7) is 4.78. The van der Waals surface area contributed by atoms with Crippen LogP contribution in [0, 0.1) is 0 Å². The van der Waals surface area contributed by atoms with Gasteiger partial charge in [-0.2, -0.15) is 0 Å². The summed E-state index contributed by atoms with van der Waals surface area (Å²) in [4.78, 5) is 29.0. The molecule has 0 fully saturated rings. The van der Waals surface area contributed by atoms with Crippen LogP contribution in [0.4, 0.5) is 11.5 Å². The van der Waals surface area contributed by atoms with E-state index < -0.39 is 0 Å². The van der Waals surface area contributed by atoms with Gasteiger partial charge in [0.05, 0.1) is 12.7 Å². The maximum Gasteiger partial charge on any atom is 0.246 e. The van der Waals surface area contributed by atoms with E-state index in [1.165, 1.54) is 0 Å². The van der Waals surface area contributed by atoms with Crippen molar-refractivity contribution in [3.63, 3.8) is 0 Å². The average Bonchev–Trinajstić information content (AvgIpc) is 2.57. The third kappa shape index (κ3) is 2.63. The number of hydrogen-bond donors (Lipinski definition) is 1. The molecule has 1 aliphatic rings. The first kappa shape index (κ1) is 15.4. The van der Waals surface area contributed by atoms with Crippen molar-refractivity contribution in [2.24, 2.45) is 5.73 Å². The fourth-order valence-corrected chi connectivity index (χ4v) is 2.64. The van der Waals surface area contributed by atoms with E-state index in [1.807, 2.05) is 24.8 Å². The van der Waals surface area contributed by atoms with Crippen LogP contribution in [0.15, 0.2) is 24.7 Å². The average molecular weight is 312 g/mol. The Morgan fingerprint density at radius 2 is 2.13 bits per heavy atom.